The lowest BCUT2D eigenvalue weighted by Gasteiger charge is -2.23. The first kappa shape index (κ1) is 22.8. The fourth-order valence-electron chi connectivity index (χ4n) is 2.67. The summed E-state index contributed by atoms with van der Waals surface area (Å²) < 4.78 is 18.9. The lowest BCUT2D eigenvalue weighted by atomic mass is 10.0. The molecular formula is C21H24FN3O5. The van der Waals surface area contributed by atoms with Crippen LogP contribution in [0.25, 0.3) is 0 Å². The Bertz CT molecular complexity index is 876. The molecule has 0 saturated heterocycles. The third-order valence-electron chi connectivity index (χ3n) is 4.29. The number of amides is 3. The maximum atomic E-state index is 13.9. The highest BCUT2D eigenvalue weighted by molar-refractivity contribution is 5.91. The number of rotatable bonds is 9. The minimum Gasteiger partial charge on any atom is -0.445 e. The van der Waals surface area contributed by atoms with Crippen LogP contribution in [0.2, 0.25) is 0 Å². The van der Waals surface area contributed by atoms with E-state index in [0.717, 1.165) is 5.56 Å². The van der Waals surface area contributed by atoms with E-state index in [1.807, 2.05) is 6.07 Å². The van der Waals surface area contributed by atoms with Crippen molar-refractivity contribution >= 4 is 17.9 Å². The first-order valence-electron chi connectivity index (χ1n) is 9.26. The minimum atomic E-state index is -1.41. The number of hydrogen-bond donors (Lipinski definition) is 4. The van der Waals surface area contributed by atoms with Crippen LogP contribution in [0.3, 0.4) is 0 Å². The molecule has 3 amide bonds. The van der Waals surface area contributed by atoms with Crippen molar-refractivity contribution in [1.82, 2.24) is 10.6 Å². The van der Waals surface area contributed by atoms with E-state index in [0.29, 0.717) is 0 Å². The summed E-state index contributed by atoms with van der Waals surface area (Å²) in [7, 11) is 0. The Labute approximate surface area is 173 Å². The third-order valence-corrected chi connectivity index (χ3v) is 4.29. The molecule has 0 saturated carbocycles. The van der Waals surface area contributed by atoms with Gasteiger partial charge in [-0.25, -0.2) is 9.18 Å². The van der Waals surface area contributed by atoms with Gasteiger partial charge in [-0.05, 0) is 24.1 Å². The number of carbonyl (C=O) groups excluding carboxylic acids is 3. The molecule has 0 unspecified atom stereocenters. The first-order valence-corrected chi connectivity index (χ1v) is 9.26. The lowest BCUT2D eigenvalue weighted by Crippen LogP contribution is -2.57. The van der Waals surface area contributed by atoms with E-state index in [-0.39, 0.29) is 18.6 Å². The number of hydrogen-bond acceptors (Lipinski definition) is 5. The van der Waals surface area contributed by atoms with Crippen molar-refractivity contribution in [3.63, 3.8) is 0 Å². The van der Waals surface area contributed by atoms with E-state index in [2.05, 4.69) is 10.6 Å². The number of primary amides is 1. The number of carbonyl (C=O) groups is 3. The molecule has 0 aliphatic carbocycles. The van der Waals surface area contributed by atoms with E-state index in [1.165, 1.54) is 25.1 Å². The quantitative estimate of drug-likeness (QED) is 0.484. The zero-order chi connectivity index (χ0) is 22.1. The van der Waals surface area contributed by atoms with Gasteiger partial charge >= 0.3 is 6.09 Å². The van der Waals surface area contributed by atoms with E-state index >= 15 is 0 Å². The van der Waals surface area contributed by atoms with E-state index in [9.17, 15) is 23.9 Å². The number of benzene rings is 2. The average Bonchev–Trinajstić information content (AvgIpc) is 2.71. The summed E-state index contributed by atoms with van der Waals surface area (Å²) in [6.45, 7) is 1.26. The normalized spacial score (nSPS) is 13.6. The van der Waals surface area contributed by atoms with Crippen LogP contribution in [0.1, 0.15) is 18.1 Å². The van der Waals surface area contributed by atoms with E-state index in [4.69, 9.17) is 10.5 Å². The number of alkyl carbamates (subject to hydrolysis) is 1. The molecule has 0 aliphatic rings. The summed E-state index contributed by atoms with van der Waals surface area (Å²) >= 11 is 0. The molecule has 0 bridgehead atoms. The third kappa shape index (κ3) is 6.85. The zero-order valence-corrected chi connectivity index (χ0v) is 16.4. The standard InChI is InChI=1S/C21H24FN3O5/c1-13(26)18(25-21(29)30-12-14-7-3-2-4-8-14)20(28)24-17(19(23)27)11-15-9-5-6-10-16(15)22/h2-10,13,17-18,26H,11-12H2,1H3,(H2,23,27)(H,24,28)(H,25,29)/t13-,17+,18+/m1/s1. The molecule has 0 spiro atoms. The molecule has 2 aromatic carbocycles. The second-order valence-corrected chi connectivity index (χ2v) is 6.68. The van der Waals surface area contributed by atoms with Gasteiger partial charge in [0.15, 0.2) is 0 Å². The summed E-state index contributed by atoms with van der Waals surface area (Å²) in [5.41, 5.74) is 6.25. The maximum Gasteiger partial charge on any atom is 0.408 e. The van der Waals surface area contributed by atoms with Crippen molar-refractivity contribution in [2.24, 2.45) is 5.73 Å². The molecule has 160 valence electrons. The van der Waals surface area contributed by atoms with Crippen LogP contribution in [0, 0.1) is 5.82 Å². The van der Waals surface area contributed by atoms with Gasteiger partial charge in [-0.15, -0.1) is 0 Å². The van der Waals surface area contributed by atoms with Crippen molar-refractivity contribution in [3.05, 3.63) is 71.5 Å². The Balaban J connectivity index is 1.99. The van der Waals surface area contributed by atoms with Crippen LogP contribution >= 0.6 is 0 Å². The van der Waals surface area contributed by atoms with Gasteiger partial charge in [0.2, 0.25) is 11.8 Å². The molecule has 0 heterocycles. The number of aliphatic hydroxyl groups is 1. The average molecular weight is 417 g/mol. The van der Waals surface area contributed by atoms with Crippen molar-refractivity contribution in [2.75, 3.05) is 0 Å². The first-order chi connectivity index (χ1) is 14.3. The largest absolute Gasteiger partial charge is 0.445 e. The Hall–Kier alpha value is -3.46. The van der Waals surface area contributed by atoms with Gasteiger partial charge in [0, 0.05) is 6.42 Å². The predicted octanol–water partition coefficient (Wildman–Crippen LogP) is 1.01. The second-order valence-electron chi connectivity index (χ2n) is 6.68. The Morgan fingerprint density at radius 3 is 2.30 bits per heavy atom. The van der Waals surface area contributed by atoms with E-state index in [1.54, 1.807) is 30.3 Å². The van der Waals surface area contributed by atoms with Crippen LogP contribution in [-0.4, -0.2) is 41.2 Å². The molecule has 0 aliphatic heterocycles. The van der Waals surface area contributed by atoms with Crippen LogP contribution in [0.5, 0.6) is 0 Å². The van der Waals surface area contributed by atoms with Gasteiger partial charge in [0.25, 0.3) is 0 Å². The summed E-state index contributed by atoms with van der Waals surface area (Å²) in [4.78, 5) is 36.3. The van der Waals surface area contributed by atoms with Gasteiger partial charge in [-0.3, -0.25) is 9.59 Å². The van der Waals surface area contributed by atoms with Gasteiger partial charge in [0.1, 0.15) is 24.5 Å². The highest BCUT2D eigenvalue weighted by atomic mass is 19.1. The zero-order valence-electron chi connectivity index (χ0n) is 16.4. The monoisotopic (exact) mass is 417 g/mol. The van der Waals surface area contributed by atoms with Crippen LogP contribution in [-0.2, 0) is 27.4 Å². The summed E-state index contributed by atoms with van der Waals surface area (Å²) in [5.74, 6) is -2.29. The molecule has 3 atom stereocenters. The van der Waals surface area contributed by atoms with Gasteiger partial charge < -0.3 is 26.2 Å². The predicted molar refractivity (Wildman–Crippen MR) is 106 cm³/mol. The fourth-order valence-corrected chi connectivity index (χ4v) is 2.67. The van der Waals surface area contributed by atoms with Crippen molar-refractivity contribution in [1.29, 1.82) is 0 Å². The smallest absolute Gasteiger partial charge is 0.408 e. The highest BCUT2D eigenvalue weighted by Gasteiger charge is 2.30. The molecule has 5 N–H and O–H groups in total. The molecule has 0 radical (unpaired) electrons. The molecule has 2 aromatic rings. The molecular weight excluding hydrogens is 393 g/mol. The van der Waals surface area contributed by atoms with Gasteiger partial charge in [-0.2, -0.15) is 0 Å². The van der Waals surface area contributed by atoms with Crippen LogP contribution in [0.4, 0.5) is 9.18 Å². The Morgan fingerprint density at radius 2 is 1.70 bits per heavy atom. The van der Waals surface area contributed by atoms with E-state index < -0.39 is 41.9 Å². The molecule has 2 rings (SSSR count). The van der Waals surface area contributed by atoms with Crippen molar-refractivity contribution in [2.45, 2.75) is 38.1 Å². The topological polar surface area (TPSA) is 131 Å². The van der Waals surface area contributed by atoms with Crippen LogP contribution < -0.4 is 16.4 Å². The number of halogens is 1. The molecule has 0 aromatic heterocycles. The summed E-state index contributed by atoms with van der Waals surface area (Å²) in [6, 6.07) is 12.0. The maximum absolute atomic E-state index is 13.9. The number of nitrogens with two attached hydrogens (primary N) is 1. The fraction of sp³-hybridized carbons (Fsp3) is 0.286. The second kappa shape index (κ2) is 10.9. The van der Waals surface area contributed by atoms with Crippen molar-refractivity contribution in [3.8, 4) is 0 Å². The number of nitrogens with one attached hydrogen (secondary N) is 2. The molecule has 30 heavy (non-hydrogen) atoms. The lowest BCUT2D eigenvalue weighted by molar-refractivity contribution is -0.130. The molecule has 8 nitrogen and oxygen atoms in total. The van der Waals surface area contributed by atoms with Crippen molar-refractivity contribution < 1.29 is 28.6 Å². The van der Waals surface area contributed by atoms with Crippen LogP contribution in [0.15, 0.2) is 54.6 Å². The summed E-state index contributed by atoms with van der Waals surface area (Å²) in [6.07, 6.45) is -2.40. The number of aliphatic hydroxyl groups excluding tert-OH is 1. The minimum absolute atomic E-state index is 0.0297. The highest BCUT2D eigenvalue weighted by Crippen LogP contribution is 2.10. The van der Waals surface area contributed by atoms with Gasteiger partial charge in [-0.1, -0.05) is 48.5 Å². The molecule has 0 fully saturated rings. The molecule has 9 heteroatoms. The Kier molecular flexibility index (Phi) is 8.30. The summed E-state index contributed by atoms with van der Waals surface area (Å²) in [5, 5.41) is 14.5. The SMILES string of the molecule is C[C@@H](O)[C@H](NC(=O)OCc1ccccc1)C(=O)N[C@@H](Cc1ccccc1F)C(N)=O. The van der Waals surface area contributed by atoms with Gasteiger partial charge in [0.05, 0.1) is 6.10 Å². The number of ether oxygens (including phenoxy) is 1. The Morgan fingerprint density at radius 1 is 1.07 bits per heavy atom.